The van der Waals surface area contributed by atoms with Crippen molar-refractivity contribution in [1.82, 2.24) is 9.97 Å². The van der Waals surface area contributed by atoms with Crippen LogP contribution in [0.2, 0.25) is 0 Å². The van der Waals surface area contributed by atoms with Crippen molar-refractivity contribution in [2.24, 2.45) is 0 Å². The molecule has 0 spiro atoms. The first-order chi connectivity index (χ1) is 9.40. The zero-order valence-electron chi connectivity index (χ0n) is 12.4. The highest BCUT2D eigenvalue weighted by Crippen LogP contribution is 2.26. The number of benzene rings is 1. The van der Waals surface area contributed by atoms with Crippen molar-refractivity contribution in [2.75, 3.05) is 11.9 Å². The molecular formula is C16H20FN3. The van der Waals surface area contributed by atoms with E-state index in [-0.39, 0.29) is 11.2 Å². The molecule has 0 unspecified atom stereocenters. The van der Waals surface area contributed by atoms with Gasteiger partial charge in [0.2, 0.25) is 0 Å². The van der Waals surface area contributed by atoms with Gasteiger partial charge in [-0.3, -0.25) is 0 Å². The summed E-state index contributed by atoms with van der Waals surface area (Å²) in [4.78, 5) is 9.04. The number of anilines is 1. The fraction of sp³-hybridized carbons (Fsp3) is 0.375. The molecule has 4 heteroatoms. The zero-order valence-corrected chi connectivity index (χ0v) is 12.4. The van der Waals surface area contributed by atoms with Crippen LogP contribution in [-0.2, 0) is 5.41 Å². The summed E-state index contributed by atoms with van der Waals surface area (Å²) in [6, 6.07) is 8.32. The van der Waals surface area contributed by atoms with Crippen molar-refractivity contribution in [2.45, 2.75) is 33.1 Å². The molecule has 1 N–H and O–H groups in total. The van der Waals surface area contributed by atoms with Crippen LogP contribution in [-0.4, -0.2) is 16.5 Å². The molecule has 0 saturated carbocycles. The first-order valence-electron chi connectivity index (χ1n) is 6.79. The zero-order chi connectivity index (χ0) is 14.8. The Kier molecular flexibility index (Phi) is 4.02. The highest BCUT2D eigenvalue weighted by molar-refractivity contribution is 5.58. The molecule has 0 amide bonds. The second-order valence-corrected chi connectivity index (χ2v) is 5.75. The molecule has 2 rings (SSSR count). The van der Waals surface area contributed by atoms with Crippen LogP contribution < -0.4 is 5.32 Å². The summed E-state index contributed by atoms with van der Waals surface area (Å²) in [5, 5.41) is 3.20. The van der Waals surface area contributed by atoms with Crippen molar-refractivity contribution < 1.29 is 4.39 Å². The maximum absolute atomic E-state index is 13.4. The first kappa shape index (κ1) is 14.4. The number of hydrogen-bond acceptors (Lipinski definition) is 3. The first-order valence-corrected chi connectivity index (χ1v) is 6.79. The Labute approximate surface area is 119 Å². The van der Waals surface area contributed by atoms with Crippen molar-refractivity contribution >= 4 is 5.82 Å². The predicted octanol–water partition coefficient (Wildman–Crippen LogP) is 4.01. The standard InChI is InChI=1S/C16H20FN3/c1-5-18-14-10-13(16(2,3)4)19-15(20-14)11-7-6-8-12(17)9-11/h6-10H,5H2,1-4H3,(H,18,19,20). The van der Waals surface area contributed by atoms with E-state index in [1.165, 1.54) is 12.1 Å². The topological polar surface area (TPSA) is 37.8 Å². The van der Waals surface area contributed by atoms with Crippen molar-refractivity contribution in [3.8, 4) is 11.4 Å². The molecule has 0 fully saturated rings. The van der Waals surface area contributed by atoms with Gasteiger partial charge in [-0.1, -0.05) is 32.9 Å². The molecule has 0 aliphatic rings. The van der Waals surface area contributed by atoms with Crippen LogP contribution in [0, 0.1) is 5.82 Å². The molecule has 106 valence electrons. The number of nitrogens with one attached hydrogen (secondary N) is 1. The van der Waals surface area contributed by atoms with E-state index in [2.05, 4.69) is 36.1 Å². The van der Waals surface area contributed by atoms with Crippen LogP contribution in [0.25, 0.3) is 11.4 Å². The van der Waals surface area contributed by atoms with Gasteiger partial charge >= 0.3 is 0 Å². The van der Waals surface area contributed by atoms with Crippen LogP contribution in [0.1, 0.15) is 33.4 Å². The van der Waals surface area contributed by atoms with Gasteiger partial charge in [-0.25, -0.2) is 14.4 Å². The molecule has 0 aliphatic heterocycles. The lowest BCUT2D eigenvalue weighted by molar-refractivity contribution is 0.568. The van der Waals surface area contributed by atoms with Crippen LogP contribution >= 0.6 is 0 Å². The highest BCUT2D eigenvalue weighted by Gasteiger charge is 2.18. The molecule has 0 saturated heterocycles. The van der Waals surface area contributed by atoms with Gasteiger partial charge in [0, 0.05) is 23.6 Å². The summed E-state index contributed by atoms with van der Waals surface area (Å²) in [5.41, 5.74) is 1.54. The molecule has 20 heavy (non-hydrogen) atoms. The van der Waals surface area contributed by atoms with Gasteiger partial charge in [0.25, 0.3) is 0 Å². The fourth-order valence-corrected chi connectivity index (χ4v) is 1.86. The quantitative estimate of drug-likeness (QED) is 0.918. The van der Waals surface area contributed by atoms with E-state index in [1.54, 1.807) is 6.07 Å². The van der Waals surface area contributed by atoms with E-state index in [4.69, 9.17) is 0 Å². The minimum atomic E-state index is -0.280. The van der Waals surface area contributed by atoms with Gasteiger partial charge in [-0.15, -0.1) is 0 Å². The van der Waals surface area contributed by atoms with Crippen LogP contribution in [0.3, 0.4) is 0 Å². The van der Waals surface area contributed by atoms with Crippen LogP contribution in [0.5, 0.6) is 0 Å². The number of aromatic nitrogens is 2. The van der Waals surface area contributed by atoms with Gasteiger partial charge in [0.05, 0.1) is 5.69 Å². The maximum Gasteiger partial charge on any atom is 0.161 e. The largest absolute Gasteiger partial charge is 0.370 e. The highest BCUT2D eigenvalue weighted by atomic mass is 19.1. The second-order valence-electron chi connectivity index (χ2n) is 5.75. The summed E-state index contributed by atoms with van der Waals surface area (Å²) in [6.45, 7) is 9.09. The van der Waals surface area contributed by atoms with Crippen LogP contribution in [0.4, 0.5) is 10.2 Å². The molecule has 1 heterocycles. The SMILES string of the molecule is CCNc1cc(C(C)(C)C)nc(-c2cccc(F)c2)n1. The summed E-state index contributed by atoms with van der Waals surface area (Å²) in [5.74, 6) is 1.04. The maximum atomic E-state index is 13.4. The fourth-order valence-electron chi connectivity index (χ4n) is 1.86. The molecule has 3 nitrogen and oxygen atoms in total. The third-order valence-electron chi connectivity index (χ3n) is 2.94. The summed E-state index contributed by atoms with van der Waals surface area (Å²) >= 11 is 0. The molecule has 0 radical (unpaired) electrons. The normalized spacial score (nSPS) is 11.4. The smallest absolute Gasteiger partial charge is 0.161 e. The summed E-state index contributed by atoms with van der Waals surface area (Å²) < 4.78 is 13.4. The predicted molar refractivity (Wildman–Crippen MR) is 80.3 cm³/mol. The van der Waals surface area contributed by atoms with E-state index in [0.29, 0.717) is 11.4 Å². The minimum absolute atomic E-state index is 0.0881. The van der Waals surface area contributed by atoms with Gasteiger partial charge < -0.3 is 5.32 Å². The second kappa shape index (κ2) is 5.57. The van der Waals surface area contributed by atoms with Crippen molar-refractivity contribution in [1.29, 1.82) is 0 Å². The molecule has 0 atom stereocenters. The van der Waals surface area contributed by atoms with Gasteiger partial charge in [-0.2, -0.15) is 0 Å². The van der Waals surface area contributed by atoms with E-state index in [1.807, 2.05) is 19.1 Å². The lowest BCUT2D eigenvalue weighted by atomic mass is 9.91. The third-order valence-corrected chi connectivity index (χ3v) is 2.94. The minimum Gasteiger partial charge on any atom is -0.370 e. The molecule has 0 bridgehead atoms. The third kappa shape index (κ3) is 3.32. The summed E-state index contributed by atoms with van der Waals surface area (Å²) in [6.07, 6.45) is 0. The number of rotatable bonds is 3. The lowest BCUT2D eigenvalue weighted by Crippen LogP contribution is -2.16. The van der Waals surface area contributed by atoms with Crippen LogP contribution in [0.15, 0.2) is 30.3 Å². The number of hydrogen-bond donors (Lipinski definition) is 1. The Morgan fingerprint density at radius 2 is 1.90 bits per heavy atom. The van der Waals surface area contributed by atoms with E-state index in [9.17, 15) is 4.39 Å². The molecule has 2 aromatic rings. The Morgan fingerprint density at radius 1 is 1.15 bits per heavy atom. The number of nitrogens with zero attached hydrogens (tertiary/aromatic N) is 2. The molecule has 0 aliphatic carbocycles. The van der Waals surface area contributed by atoms with Gasteiger partial charge in [-0.05, 0) is 19.1 Å². The lowest BCUT2D eigenvalue weighted by Gasteiger charge is -2.19. The summed E-state index contributed by atoms with van der Waals surface area (Å²) in [7, 11) is 0. The average Bonchev–Trinajstić information content (AvgIpc) is 2.38. The molecule has 1 aromatic heterocycles. The van der Waals surface area contributed by atoms with Crippen molar-refractivity contribution in [3.05, 3.63) is 41.8 Å². The molecule has 1 aromatic carbocycles. The van der Waals surface area contributed by atoms with E-state index < -0.39 is 0 Å². The Hall–Kier alpha value is -1.97. The Balaban J connectivity index is 2.54. The van der Waals surface area contributed by atoms with E-state index >= 15 is 0 Å². The van der Waals surface area contributed by atoms with Gasteiger partial charge in [0.1, 0.15) is 11.6 Å². The monoisotopic (exact) mass is 273 g/mol. The Bertz CT molecular complexity index is 603. The Morgan fingerprint density at radius 3 is 2.50 bits per heavy atom. The van der Waals surface area contributed by atoms with E-state index in [0.717, 1.165) is 18.1 Å². The van der Waals surface area contributed by atoms with Crippen molar-refractivity contribution in [3.63, 3.8) is 0 Å². The molecular weight excluding hydrogens is 253 g/mol. The van der Waals surface area contributed by atoms with Gasteiger partial charge in [0.15, 0.2) is 5.82 Å². The average molecular weight is 273 g/mol. The number of halogens is 1.